The number of hydrogen-bond donors (Lipinski definition) is 1. The topological polar surface area (TPSA) is 155 Å². The minimum atomic E-state index is -0.824. The van der Waals surface area contributed by atoms with Crippen LogP contribution in [0.5, 0.6) is 0 Å². The first-order chi connectivity index (χ1) is 13.3. The Bertz CT molecular complexity index is 1110. The number of non-ortho nitro benzene ring substituents is 2. The van der Waals surface area contributed by atoms with Crippen molar-refractivity contribution in [1.82, 2.24) is 4.98 Å². The Morgan fingerprint density at radius 1 is 1.04 bits per heavy atom. The third-order valence-electron chi connectivity index (χ3n) is 3.62. The van der Waals surface area contributed by atoms with E-state index in [-0.39, 0.29) is 10.7 Å². The average molecular weight is 402 g/mol. The van der Waals surface area contributed by atoms with Gasteiger partial charge >= 0.3 is 5.97 Å². The zero-order valence-corrected chi connectivity index (χ0v) is 14.9. The highest BCUT2D eigenvalue weighted by Gasteiger charge is 2.21. The molecule has 12 heteroatoms. The minimum Gasteiger partial charge on any atom is -0.465 e. The molecule has 142 valence electrons. The maximum Gasteiger partial charge on any atom is 0.337 e. The van der Waals surface area contributed by atoms with E-state index in [9.17, 15) is 29.8 Å². The molecule has 0 saturated heterocycles. The van der Waals surface area contributed by atoms with Crippen molar-refractivity contribution < 1.29 is 24.2 Å². The number of ether oxygens (including phenoxy) is 1. The summed E-state index contributed by atoms with van der Waals surface area (Å²) in [5.41, 5.74) is -0.586. The van der Waals surface area contributed by atoms with Crippen molar-refractivity contribution in [3.05, 3.63) is 67.8 Å². The zero-order chi connectivity index (χ0) is 20.4. The number of nitrogens with one attached hydrogen (secondary N) is 1. The largest absolute Gasteiger partial charge is 0.465 e. The summed E-state index contributed by atoms with van der Waals surface area (Å²) < 4.78 is 5.24. The fraction of sp³-hybridized carbons (Fsp3) is 0.0625. The third kappa shape index (κ3) is 3.76. The summed E-state index contributed by atoms with van der Waals surface area (Å²) in [5, 5.41) is 24.5. The lowest BCUT2D eigenvalue weighted by Gasteiger charge is -2.02. The number of hydrogen-bond acceptors (Lipinski definition) is 9. The molecule has 0 aliphatic rings. The summed E-state index contributed by atoms with van der Waals surface area (Å²) >= 11 is 1.06. The minimum absolute atomic E-state index is 0.163. The quantitative estimate of drug-likeness (QED) is 0.388. The van der Waals surface area contributed by atoms with Gasteiger partial charge in [-0.1, -0.05) is 11.3 Å². The van der Waals surface area contributed by atoms with Crippen LogP contribution in [0.3, 0.4) is 0 Å². The molecule has 11 nitrogen and oxygen atoms in total. The third-order valence-corrected chi connectivity index (χ3v) is 4.55. The molecule has 0 atom stereocenters. The lowest BCUT2D eigenvalue weighted by molar-refractivity contribution is -0.394. The summed E-state index contributed by atoms with van der Waals surface area (Å²) in [5.74, 6) is -1.32. The number of nitro benzene ring substituents is 2. The molecule has 1 heterocycles. The molecule has 0 unspecified atom stereocenters. The predicted octanol–water partition coefficient (Wildman–Crippen LogP) is 3.15. The Labute approximate surface area is 159 Å². The molecular formula is C16H10N4O7S. The SMILES string of the molecule is COC(=O)c1ccc2nc(NC(=O)c3cc([N+](=O)[O-])cc([N+](=O)[O-])c3)sc2c1. The second-order valence-corrected chi connectivity index (χ2v) is 6.43. The van der Waals surface area contributed by atoms with Gasteiger partial charge in [-0.3, -0.25) is 30.3 Å². The molecule has 0 aliphatic carbocycles. The lowest BCUT2D eigenvalue weighted by Crippen LogP contribution is -2.12. The van der Waals surface area contributed by atoms with E-state index in [1.54, 1.807) is 12.1 Å². The van der Waals surface area contributed by atoms with E-state index in [4.69, 9.17) is 0 Å². The Kier molecular flexibility index (Phi) is 4.96. The van der Waals surface area contributed by atoms with E-state index >= 15 is 0 Å². The van der Waals surface area contributed by atoms with Gasteiger partial charge in [-0.05, 0) is 18.2 Å². The van der Waals surface area contributed by atoms with Crippen LogP contribution in [0, 0.1) is 20.2 Å². The smallest absolute Gasteiger partial charge is 0.337 e. The van der Waals surface area contributed by atoms with Crippen LogP contribution in [-0.2, 0) is 4.74 Å². The Morgan fingerprint density at radius 2 is 1.68 bits per heavy atom. The van der Waals surface area contributed by atoms with E-state index in [2.05, 4.69) is 15.0 Å². The molecule has 0 fully saturated rings. The number of fused-ring (bicyclic) bond motifs is 1. The van der Waals surface area contributed by atoms with Crippen molar-refractivity contribution in [3.63, 3.8) is 0 Å². The van der Waals surface area contributed by atoms with Crippen molar-refractivity contribution in [1.29, 1.82) is 0 Å². The van der Waals surface area contributed by atoms with Crippen molar-refractivity contribution >= 4 is 49.9 Å². The summed E-state index contributed by atoms with van der Waals surface area (Å²) in [4.78, 5) is 48.4. The summed E-state index contributed by atoms with van der Waals surface area (Å²) in [6, 6.07) is 7.28. The predicted molar refractivity (Wildman–Crippen MR) is 98.7 cm³/mol. The molecule has 0 radical (unpaired) electrons. The first-order valence-corrected chi connectivity index (χ1v) is 8.34. The van der Waals surface area contributed by atoms with E-state index in [1.807, 2.05) is 0 Å². The Morgan fingerprint density at radius 3 is 2.25 bits per heavy atom. The van der Waals surface area contributed by atoms with Gasteiger partial charge in [-0.15, -0.1) is 0 Å². The number of anilines is 1. The van der Waals surface area contributed by atoms with Crippen molar-refractivity contribution in [2.24, 2.45) is 0 Å². The number of thiazole rings is 1. The van der Waals surface area contributed by atoms with Gasteiger partial charge in [-0.2, -0.15) is 0 Å². The Balaban J connectivity index is 1.91. The van der Waals surface area contributed by atoms with Gasteiger partial charge in [0.1, 0.15) is 0 Å². The number of nitrogens with zero attached hydrogens (tertiary/aromatic N) is 3. The molecule has 3 rings (SSSR count). The molecule has 3 aromatic rings. The van der Waals surface area contributed by atoms with Gasteiger partial charge in [0.15, 0.2) is 5.13 Å². The molecule has 1 amide bonds. The van der Waals surface area contributed by atoms with Crippen LogP contribution in [-0.4, -0.2) is 33.8 Å². The van der Waals surface area contributed by atoms with Gasteiger partial charge in [0.05, 0.1) is 44.4 Å². The van der Waals surface area contributed by atoms with Gasteiger partial charge in [0.25, 0.3) is 17.3 Å². The first kappa shape index (κ1) is 18.8. The normalized spacial score (nSPS) is 10.5. The van der Waals surface area contributed by atoms with Crippen LogP contribution in [0.15, 0.2) is 36.4 Å². The highest BCUT2D eigenvalue weighted by molar-refractivity contribution is 7.22. The van der Waals surface area contributed by atoms with Gasteiger partial charge in [0.2, 0.25) is 0 Å². The maximum absolute atomic E-state index is 12.4. The number of carbonyl (C=O) groups excluding carboxylic acids is 2. The number of nitro groups is 2. The Hall–Kier alpha value is -3.93. The number of methoxy groups -OCH3 is 1. The molecule has 0 bridgehead atoms. The zero-order valence-electron chi connectivity index (χ0n) is 14.1. The fourth-order valence-electron chi connectivity index (χ4n) is 2.33. The van der Waals surface area contributed by atoms with Crippen LogP contribution in [0.2, 0.25) is 0 Å². The number of rotatable bonds is 5. The maximum atomic E-state index is 12.4. The molecule has 1 aromatic heterocycles. The summed E-state index contributed by atoms with van der Waals surface area (Å²) in [7, 11) is 1.25. The lowest BCUT2D eigenvalue weighted by atomic mass is 10.1. The van der Waals surface area contributed by atoms with E-state index in [1.165, 1.54) is 13.2 Å². The van der Waals surface area contributed by atoms with Crippen LogP contribution >= 0.6 is 11.3 Å². The van der Waals surface area contributed by atoms with E-state index in [0.29, 0.717) is 15.8 Å². The van der Waals surface area contributed by atoms with E-state index < -0.39 is 33.1 Å². The number of carbonyl (C=O) groups is 2. The van der Waals surface area contributed by atoms with Crippen molar-refractivity contribution in [3.8, 4) is 0 Å². The number of amides is 1. The van der Waals surface area contributed by atoms with Gasteiger partial charge in [0, 0.05) is 12.1 Å². The van der Waals surface area contributed by atoms with Crippen molar-refractivity contribution in [2.45, 2.75) is 0 Å². The van der Waals surface area contributed by atoms with Crippen LogP contribution < -0.4 is 5.32 Å². The highest BCUT2D eigenvalue weighted by Crippen LogP contribution is 2.28. The number of benzene rings is 2. The molecule has 0 spiro atoms. The molecule has 28 heavy (non-hydrogen) atoms. The molecule has 1 N–H and O–H groups in total. The average Bonchev–Trinajstić information content (AvgIpc) is 3.08. The summed E-state index contributed by atoms with van der Waals surface area (Å²) in [6.45, 7) is 0. The van der Waals surface area contributed by atoms with Crippen molar-refractivity contribution in [2.75, 3.05) is 12.4 Å². The van der Waals surface area contributed by atoms with Crippen LogP contribution in [0.1, 0.15) is 20.7 Å². The van der Waals surface area contributed by atoms with E-state index in [0.717, 1.165) is 29.5 Å². The first-order valence-electron chi connectivity index (χ1n) is 7.52. The van der Waals surface area contributed by atoms with Gasteiger partial charge in [-0.25, -0.2) is 9.78 Å². The molecular weight excluding hydrogens is 392 g/mol. The van der Waals surface area contributed by atoms with Crippen LogP contribution in [0.25, 0.3) is 10.2 Å². The summed E-state index contributed by atoms with van der Waals surface area (Å²) in [6.07, 6.45) is 0. The monoisotopic (exact) mass is 402 g/mol. The standard InChI is InChI=1S/C16H10N4O7S/c1-27-15(22)8-2-3-12-13(6-8)28-16(17-12)18-14(21)9-4-10(19(23)24)7-11(5-9)20(25)26/h2-7H,1H3,(H,17,18,21). The second-order valence-electron chi connectivity index (χ2n) is 5.40. The second kappa shape index (κ2) is 7.36. The fourth-order valence-corrected chi connectivity index (χ4v) is 3.23. The van der Waals surface area contributed by atoms with Crippen LogP contribution in [0.4, 0.5) is 16.5 Å². The number of esters is 1. The molecule has 0 aliphatic heterocycles. The molecule has 0 saturated carbocycles. The van der Waals surface area contributed by atoms with Gasteiger partial charge < -0.3 is 4.74 Å². The highest BCUT2D eigenvalue weighted by atomic mass is 32.1. The molecule has 2 aromatic carbocycles. The number of aromatic nitrogens is 1.